The number of piperidine rings is 1. The third-order valence-electron chi connectivity index (χ3n) is 3.49. The van der Waals surface area contributed by atoms with Gasteiger partial charge in [-0.25, -0.2) is 0 Å². The van der Waals surface area contributed by atoms with E-state index in [1.165, 1.54) is 4.88 Å². The summed E-state index contributed by atoms with van der Waals surface area (Å²) in [5, 5.41) is 4.82. The van der Waals surface area contributed by atoms with E-state index in [4.69, 9.17) is 5.73 Å². The Labute approximate surface area is 124 Å². The van der Waals surface area contributed by atoms with Gasteiger partial charge < -0.3 is 11.1 Å². The van der Waals surface area contributed by atoms with Crippen molar-refractivity contribution in [2.24, 2.45) is 11.7 Å². The van der Waals surface area contributed by atoms with Gasteiger partial charge in [0.2, 0.25) is 5.91 Å². The van der Waals surface area contributed by atoms with Crippen LogP contribution < -0.4 is 11.1 Å². The van der Waals surface area contributed by atoms with Crippen LogP contribution in [0, 0.1) is 17.8 Å². The van der Waals surface area contributed by atoms with Gasteiger partial charge in [-0.2, -0.15) is 0 Å². The van der Waals surface area contributed by atoms with Crippen LogP contribution in [0.2, 0.25) is 0 Å². The predicted octanol–water partition coefficient (Wildman–Crippen LogP) is 1.02. The maximum absolute atomic E-state index is 11.7. The van der Waals surface area contributed by atoms with E-state index in [1.807, 2.05) is 0 Å². The Morgan fingerprint density at radius 2 is 2.50 bits per heavy atom. The number of carbonyl (C=O) groups excluding carboxylic acids is 1. The molecule has 3 N–H and O–H groups in total. The van der Waals surface area contributed by atoms with E-state index in [0.29, 0.717) is 6.54 Å². The first-order chi connectivity index (χ1) is 9.72. The number of hydrogen-bond donors (Lipinski definition) is 2. The quantitative estimate of drug-likeness (QED) is 0.817. The first-order valence-corrected chi connectivity index (χ1v) is 7.81. The average Bonchev–Trinajstić information content (AvgIpc) is 2.92. The Kier molecular flexibility index (Phi) is 5.60. The first-order valence-electron chi connectivity index (χ1n) is 6.93. The molecular formula is C15H21N3OS. The van der Waals surface area contributed by atoms with E-state index in [9.17, 15) is 4.79 Å². The summed E-state index contributed by atoms with van der Waals surface area (Å²) in [7, 11) is 1.71. The maximum atomic E-state index is 11.7. The molecule has 108 valence electrons. The summed E-state index contributed by atoms with van der Waals surface area (Å²) in [6, 6.07) is 2.12. The van der Waals surface area contributed by atoms with E-state index >= 15 is 0 Å². The Morgan fingerprint density at radius 3 is 3.25 bits per heavy atom. The highest BCUT2D eigenvalue weighted by Gasteiger charge is 2.25. The minimum absolute atomic E-state index is 0.130. The van der Waals surface area contributed by atoms with Crippen LogP contribution in [0.25, 0.3) is 0 Å². The largest absolute Gasteiger partial charge is 0.359 e. The molecule has 1 saturated heterocycles. The molecular weight excluding hydrogens is 270 g/mol. The van der Waals surface area contributed by atoms with Gasteiger partial charge in [-0.3, -0.25) is 9.69 Å². The molecule has 1 aliphatic rings. The van der Waals surface area contributed by atoms with Gasteiger partial charge in [0.1, 0.15) is 0 Å². The second kappa shape index (κ2) is 7.44. The first kappa shape index (κ1) is 15.0. The van der Waals surface area contributed by atoms with Crippen LogP contribution in [0.3, 0.4) is 0 Å². The van der Waals surface area contributed by atoms with Crippen LogP contribution in [-0.4, -0.2) is 37.5 Å². The molecule has 4 nitrogen and oxygen atoms in total. The lowest BCUT2D eigenvalue weighted by atomic mass is 9.97. The smallest absolute Gasteiger partial charge is 0.224 e. The molecule has 1 aromatic rings. The lowest BCUT2D eigenvalue weighted by Crippen LogP contribution is -2.41. The van der Waals surface area contributed by atoms with Gasteiger partial charge in [0.05, 0.1) is 12.5 Å². The van der Waals surface area contributed by atoms with Crippen LogP contribution in [0.1, 0.15) is 23.3 Å². The number of hydrogen-bond acceptors (Lipinski definition) is 4. The molecule has 0 aliphatic carbocycles. The number of nitrogens with two attached hydrogens (primary N) is 1. The molecule has 5 heteroatoms. The van der Waals surface area contributed by atoms with Gasteiger partial charge in [0, 0.05) is 36.0 Å². The lowest BCUT2D eigenvalue weighted by Gasteiger charge is -2.31. The summed E-state index contributed by atoms with van der Waals surface area (Å²) >= 11 is 1.72. The van der Waals surface area contributed by atoms with Gasteiger partial charge in [0.25, 0.3) is 0 Å². The zero-order valence-electron chi connectivity index (χ0n) is 11.8. The topological polar surface area (TPSA) is 58.4 Å². The number of nitrogens with zero attached hydrogens (tertiary/aromatic N) is 1. The van der Waals surface area contributed by atoms with Crippen LogP contribution in [0.4, 0.5) is 0 Å². The number of carbonyl (C=O) groups is 1. The summed E-state index contributed by atoms with van der Waals surface area (Å²) in [5.41, 5.74) is 6.41. The molecule has 0 spiro atoms. The summed E-state index contributed by atoms with van der Waals surface area (Å²) in [4.78, 5) is 15.4. The Hall–Kier alpha value is -1.35. The van der Waals surface area contributed by atoms with Crippen molar-refractivity contribution < 1.29 is 4.79 Å². The van der Waals surface area contributed by atoms with E-state index in [0.717, 1.165) is 38.0 Å². The third kappa shape index (κ3) is 4.07. The molecule has 0 radical (unpaired) electrons. The van der Waals surface area contributed by atoms with Crippen LogP contribution in [-0.2, 0) is 11.3 Å². The number of nitrogens with one attached hydrogen (secondary N) is 1. The SMILES string of the molecule is CNC(=O)C1CCCN(Cc2cc(C#CCN)cs2)C1. The minimum atomic E-state index is 0.130. The van der Waals surface area contributed by atoms with Gasteiger partial charge in [-0.15, -0.1) is 11.3 Å². The van der Waals surface area contributed by atoms with Crippen molar-refractivity contribution in [3.05, 3.63) is 21.9 Å². The minimum Gasteiger partial charge on any atom is -0.359 e. The Balaban J connectivity index is 1.92. The molecule has 0 saturated carbocycles. The van der Waals surface area contributed by atoms with Crippen molar-refractivity contribution in [2.45, 2.75) is 19.4 Å². The summed E-state index contributed by atoms with van der Waals surface area (Å²) in [5.74, 6) is 6.21. The molecule has 1 aliphatic heterocycles. The second-order valence-electron chi connectivity index (χ2n) is 5.00. The molecule has 2 heterocycles. The van der Waals surface area contributed by atoms with Crippen molar-refractivity contribution >= 4 is 17.2 Å². The predicted molar refractivity (Wildman–Crippen MR) is 82.3 cm³/mol. The molecule has 1 fully saturated rings. The Bertz CT molecular complexity index is 515. The van der Waals surface area contributed by atoms with Gasteiger partial charge >= 0.3 is 0 Å². The average molecular weight is 291 g/mol. The highest BCUT2D eigenvalue weighted by molar-refractivity contribution is 7.10. The third-order valence-corrected chi connectivity index (χ3v) is 4.41. The fourth-order valence-electron chi connectivity index (χ4n) is 2.52. The lowest BCUT2D eigenvalue weighted by molar-refractivity contribution is -0.126. The van der Waals surface area contributed by atoms with E-state index in [2.05, 4.69) is 33.5 Å². The van der Waals surface area contributed by atoms with Crippen LogP contribution in [0.15, 0.2) is 11.4 Å². The fourth-order valence-corrected chi connectivity index (χ4v) is 3.38. The molecule has 1 atom stereocenters. The maximum Gasteiger partial charge on any atom is 0.224 e. The molecule has 0 aromatic carbocycles. The second-order valence-corrected chi connectivity index (χ2v) is 5.99. The molecule has 20 heavy (non-hydrogen) atoms. The standard InChI is InChI=1S/C15H21N3OS/c1-17-15(19)13-5-3-7-18(9-13)10-14-8-12(11-20-14)4-2-6-16/h8,11,13H,3,5-7,9-10,16H2,1H3,(H,17,19). The zero-order chi connectivity index (χ0) is 14.4. The highest BCUT2D eigenvalue weighted by Crippen LogP contribution is 2.21. The van der Waals surface area contributed by atoms with Crippen LogP contribution in [0.5, 0.6) is 0 Å². The van der Waals surface area contributed by atoms with Crippen molar-refractivity contribution in [1.29, 1.82) is 0 Å². The van der Waals surface area contributed by atoms with E-state index in [-0.39, 0.29) is 11.8 Å². The fraction of sp³-hybridized carbons (Fsp3) is 0.533. The monoisotopic (exact) mass is 291 g/mol. The van der Waals surface area contributed by atoms with Gasteiger partial charge in [-0.05, 0) is 25.5 Å². The van der Waals surface area contributed by atoms with Crippen molar-refractivity contribution in [3.63, 3.8) is 0 Å². The molecule has 1 amide bonds. The van der Waals surface area contributed by atoms with Crippen molar-refractivity contribution in [2.75, 3.05) is 26.7 Å². The van der Waals surface area contributed by atoms with Crippen molar-refractivity contribution in [3.8, 4) is 11.8 Å². The number of amides is 1. The molecule has 1 aromatic heterocycles. The molecule has 2 rings (SSSR count). The summed E-state index contributed by atoms with van der Waals surface area (Å²) in [6.07, 6.45) is 2.08. The zero-order valence-corrected chi connectivity index (χ0v) is 12.6. The Morgan fingerprint density at radius 1 is 1.65 bits per heavy atom. The highest BCUT2D eigenvalue weighted by atomic mass is 32.1. The van der Waals surface area contributed by atoms with Gasteiger partial charge in [-0.1, -0.05) is 11.8 Å². The van der Waals surface area contributed by atoms with E-state index in [1.54, 1.807) is 18.4 Å². The summed E-state index contributed by atoms with van der Waals surface area (Å²) < 4.78 is 0. The van der Waals surface area contributed by atoms with E-state index < -0.39 is 0 Å². The number of rotatable bonds is 3. The number of likely N-dealkylation sites (tertiary alicyclic amines) is 1. The molecule has 0 bridgehead atoms. The number of thiophene rings is 1. The van der Waals surface area contributed by atoms with Gasteiger partial charge in [0.15, 0.2) is 0 Å². The van der Waals surface area contributed by atoms with Crippen molar-refractivity contribution in [1.82, 2.24) is 10.2 Å². The summed E-state index contributed by atoms with van der Waals surface area (Å²) in [6.45, 7) is 3.21. The molecule has 1 unspecified atom stereocenters. The van der Waals surface area contributed by atoms with Crippen LogP contribution >= 0.6 is 11.3 Å². The normalized spacial score (nSPS) is 19.2.